The Kier molecular flexibility index (Phi) is 5.03. The second-order valence-electron chi connectivity index (χ2n) is 6.92. The Morgan fingerprint density at radius 2 is 1.90 bits per heavy atom. The number of halogens is 1. The average molecular weight is 389 g/mol. The Balaban J connectivity index is 1.45. The van der Waals surface area contributed by atoms with Gasteiger partial charge in [0.05, 0.1) is 5.69 Å². The molecule has 1 N–H and O–H groups in total. The van der Waals surface area contributed by atoms with Crippen LogP contribution >= 0.6 is 0 Å². The largest absolute Gasteiger partial charge is 0.326 e. The Morgan fingerprint density at radius 3 is 2.69 bits per heavy atom. The van der Waals surface area contributed by atoms with Gasteiger partial charge in [0.15, 0.2) is 5.65 Å². The van der Waals surface area contributed by atoms with Crippen LogP contribution in [0.5, 0.6) is 0 Å². The van der Waals surface area contributed by atoms with Crippen LogP contribution in [0.4, 0.5) is 10.1 Å². The number of hydrogen-bond acceptors (Lipinski definition) is 4. The monoisotopic (exact) mass is 389 g/mol. The van der Waals surface area contributed by atoms with Crippen LogP contribution in [0, 0.1) is 19.7 Å². The summed E-state index contributed by atoms with van der Waals surface area (Å²) in [5, 5.41) is 15.4. The van der Waals surface area contributed by atoms with Crippen molar-refractivity contribution in [1.82, 2.24) is 19.8 Å². The van der Waals surface area contributed by atoms with Gasteiger partial charge in [-0.05, 0) is 61.2 Å². The van der Waals surface area contributed by atoms with Gasteiger partial charge in [-0.3, -0.25) is 4.79 Å². The van der Waals surface area contributed by atoms with Gasteiger partial charge in [0.1, 0.15) is 12.1 Å². The van der Waals surface area contributed by atoms with Crippen molar-refractivity contribution in [2.45, 2.75) is 26.7 Å². The molecule has 0 saturated heterocycles. The lowest BCUT2D eigenvalue weighted by Gasteiger charge is -2.11. The predicted octanol–water partition coefficient (Wildman–Crippen LogP) is 4.12. The van der Waals surface area contributed by atoms with E-state index in [9.17, 15) is 9.18 Å². The minimum atomic E-state index is -0.275. The highest BCUT2D eigenvalue weighted by atomic mass is 19.1. The second kappa shape index (κ2) is 7.79. The highest BCUT2D eigenvalue weighted by molar-refractivity contribution is 5.91. The zero-order valence-corrected chi connectivity index (χ0v) is 16.2. The molecular weight excluding hydrogens is 369 g/mol. The smallest absolute Gasteiger partial charge is 0.224 e. The molecule has 146 valence electrons. The fraction of sp³-hybridized carbons (Fsp3) is 0.182. The van der Waals surface area contributed by atoms with E-state index in [1.807, 2.05) is 38.1 Å². The van der Waals surface area contributed by atoms with Crippen molar-refractivity contribution in [2.75, 3.05) is 5.32 Å². The first-order valence-corrected chi connectivity index (χ1v) is 9.33. The summed E-state index contributed by atoms with van der Waals surface area (Å²) < 4.78 is 14.8. The van der Waals surface area contributed by atoms with Crippen LogP contribution in [-0.2, 0) is 11.2 Å². The van der Waals surface area contributed by atoms with E-state index in [0.717, 1.165) is 27.9 Å². The van der Waals surface area contributed by atoms with Gasteiger partial charge in [0.2, 0.25) is 5.91 Å². The van der Waals surface area contributed by atoms with Gasteiger partial charge in [-0.1, -0.05) is 24.3 Å². The van der Waals surface area contributed by atoms with Crippen LogP contribution in [0.3, 0.4) is 0 Å². The lowest BCUT2D eigenvalue weighted by atomic mass is 10.0. The van der Waals surface area contributed by atoms with E-state index >= 15 is 0 Å². The van der Waals surface area contributed by atoms with Gasteiger partial charge >= 0.3 is 0 Å². The van der Waals surface area contributed by atoms with Gasteiger partial charge in [-0.2, -0.15) is 5.10 Å². The summed E-state index contributed by atoms with van der Waals surface area (Å²) in [6, 6.07) is 13.8. The average Bonchev–Trinajstić information content (AvgIpc) is 3.17. The summed E-state index contributed by atoms with van der Waals surface area (Å²) in [4.78, 5) is 12.5. The molecule has 7 heteroatoms. The number of benzene rings is 2. The predicted molar refractivity (Wildman–Crippen MR) is 109 cm³/mol. The van der Waals surface area contributed by atoms with Crippen LogP contribution in [-0.4, -0.2) is 25.7 Å². The van der Waals surface area contributed by atoms with Crippen molar-refractivity contribution in [1.29, 1.82) is 0 Å². The normalized spacial score (nSPS) is 11.0. The summed E-state index contributed by atoms with van der Waals surface area (Å²) in [5.41, 5.74) is 6.08. The molecule has 1 amide bonds. The fourth-order valence-corrected chi connectivity index (χ4v) is 3.43. The van der Waals surface area contributed by atoms with E-state index < -0.39 is 0 Å². The number of aromatic nitrogens is 4. The molecule has 0 spiro atoms. The Labute approximate surface area is 167 Å². The highest BCUT2D eigenvalue weighted by Gasteiger charge is 2.13. The molecule has 4 rings (SSSR count). The lowest BCUT2D eigenvalue weighted by Crippen LogP contribution is -2.14. The van der Waals surface area contributed by atoms with E-state index in [1.54, 1.807) is 23.0 Å². The van der Waals surface area contributed by atoms with Gasteiger partial charge in [-0.15, -0.1) is 10.2 Å². The zero-order chi connectivity index (χ0) is 20.4. The third-order valence-electron chi connectivity index (χ3n) is 4.94. The Morgan fingerprint density at radius 1 is 1.10 bits per heavy atom. The van der Waals surface area contributed by atoms with Crippen LogP contribution in [0.25, 0.3) is 16.8 Å². The third-order valence-corrected chi connectivity index (χ3v) is 4.94. The lowest BCUT2D eigenvalue weighted by molar-refractivity contribution is -0.116. The van der Waals surface area contributed by atoms with Gasteiger partial charge in [0, 0.05) is 17.7 Å². The van der Waals surface area contributed by atoms with E-state index in [-0.39, 0.29) is 11.7 Å². The van der Waals surface area contributed by atoms with Crippen molar-refractivity contribution in [3.8, 4) is 11.1 Å². The highest BCUT2D eigenvalue weighted by Crippen LogP contribution is 2.23. The maximum atomic E-state index is 13.1. The second-order valence-corrected chi connectivity index (χ2v) is 6.92. The summed E-state index contributed by atoms with van der Waals surface area (Å²) in [7, 11) is 0. The number of carbonyl (C=O) groups excluding carboxylic acids is 1. The molecule has 0 bridgehead atoms. The van der Waals surface area contributed by atoms with Crippen LogP contribution in [0.1, 0.15) is 23.2 Å². The topological polar surface area (TPSA) is 72.2 Å². The van der Waals surface area contributed by atoms with Gasteiger partial charge in [0.25, 0.3) is 0 Å². The minimum Gasteiger partial charge on any atom is -0.326 e. The fourth-order valence-electron chi connectivity index (χ4n) is 3.43. The SMILES string of the molecule is Cc1nn2cnnc2c(C)c1CCC(=O)Nc1cccc(-c2ccc(F)cc2)c1. The molecule has 0 saturated carbocycles. The molecule has 0 aliphatic heterocycles. The molecule has 0 unspecified atom stereocenters. The number of nitrogens with one attached hydrogen (secondary N) is 1. The number of nitrogens with zero attached hydrogens (tertiary/aromatic N) is 4. The maximum Gasteiger partial charge on any atom is 0.224 e. The summed E-state index contributed by atoms with van der Waals surface area (Å²) in [5.74, 6) is -0.357. The van der Waals surface area contributed by atoms with Gasteiger partial charge in [-0.25, -0.2) is 8.91 Å². The first-order valence-electron chi connectivity index (χ1n) is 9.33. The molecule has 2 heterocycles. The minimum absolute atomic E-state index is 0.0820. The van der Waals surface area contributed by atoms with Crippen molar-refractivity contribution in [2.24, 2.45) is 0 Å². The molecule has 2 aromatic heterocycles. The van der Waals surface area contributed by atoms with E-state index in [4.69, 9.17) is 0 Å². The molecule has 0 atom stereocenters. The van der Waals surface area contributed by atoms with E-state index in [1.165, 1.54) is 12.1 Å². The molecular formula is C22H20FN5O. The Hall–Kier alpha value is -3.61. The number of amides is 1. The van der Waals surface area contributed by atoms with Crippen LogP contribution in [0.2, 0.25) is 0 Å². The van der Waals surface area contributed by atoms with E-state index in [0.29, 0.717) is 24.2 Å². The number of aryl methyl sites for hydroxylation is 2. The van der Waals surface area contributed by atoms with Crippen molar-refractivity contribution in [3.05, 3.63) is 77.5 Å². The number of hydrogen-bond donors (Lipinski definition) is 1. The van der Waals surface area contributed by atoms with Crippen molar-refractivity contribution in [3.63, 3.8) is 0 Å². The molecule has 0 radical (unpaired) electrons. The molecule has 0 aliphatic carbocycles. The Bertz CT molecular complexity index is 1180. The molecule has 2 aromatic carbocycles. The number of carbonyl (C=O) groups is 1. The molecule has 0 fully saturated rings. The maximum absolute atomic E-state index is 13.1. The quantitative estimate of drug-likeness (QED) is 0.557. The summed E-state index contributed by atoms with van der Waals surface area (Å²) >= 11 is 0. The van der Waals surface area contributed by atoms with E-state index in [2.05, 4.69) is 20.6 Å². The van der Waals surface area contributed by atoms with Crippen molar-refractivity contribution < 1.29 is 9.18 Å². The number of rotatable bonds is 5. The molecule has 6 nitrogen and oxygen atoms in total. The number of fused-ring (bicyclic) bond motifs is 1. The van der Waals surface area contributed by atoms with Crippen LogP contribution in [0.15, 0.2) is 54.9 Å². The van der Waals surface area contributed by atoms with Gasteiger partial charge < -0.3 is 5.32 Å². The standard InChI is InChI=1S/C22H20FN5O/c1-14-20(15(2)27-28-13-24-26-22(14)28)10-11-21(29)25-19-5-3-4-17(12-19)16-6-8-18(23)9-7-16/h3-9,12-13H,10-11H2,1-2H3,(H,25,29). The first-order chi connectivity index (χ1) is 14.0. The van der Waals surface area contributed by atoms with Crippen LogP contribution < -0.4 is 5.32 Å². The summed E-state index contributed by atoms with van der Waals surface area (Å²) in [6.07, 6.45) is 2.46. The number of anilines is 1. The first kappa shape index (κ1) is 18.7. The molecule has 29 heavy (non-hydrogen) atoms. The molecule has 4 aromatic rings. The third kappa shape index (κ3) is 3.99. The van der Waals surface area contributed by atoms with Crippen molar-refractivity contribution >= 4 is 17.2 Å². The zero-order valence-electron chi connectivity index (χ0n) is 16.2. The molecule has 0 aliphatic rings. The summed E-state index contributed by atoms with van der Waals surface area (Å²) in [6.45, 7) is 3.89.